The van der Waals surface area contributed by atoms with Crippen LogP contribution in [0.1, 0.15) is 23.7 Å². The number of hydrogen-bond acceptors (Lipinski definition) is 2. The normalized spacial score (nSPS) is 25.1. The summed E-state index contributed by atoms with van der Waals surface area (Å²) in [4.78, 5) is 0. The van der Waals surface area contributed by atoms with Crippen molar-refractivity contribution in [3.63, 3.8) is 0 Å². The lowest BCUT2D eigenvalue weighted by atomic mass is 9.86. The molecule has 0 aliphatic heterocycles. The molecule has 1 aliphatic carbocycles. The highest BCUT2D eigenvalue weighted by atomic mass is 35.5. The van der Waals surface area contributed by atoms with Gasteiger partial charge in [-0.25, -0.2) is 4.39 Å². The van der Waals surface area contributed by atoms with Crippen molar-refractivity contribution >= 4 is 12.4 Å². The van der Waals surface area contributed by atoms with Gasteiger partial charge in [-0.2, -0.15) is 0 Å². The van der Waals surface area contributed by atoms with Gasteiger partial charge in [-0.05, 0) is 30.0 Å². The first-order chi connectivity index (χ1) is 6.20. The first-order valence-corrected chi connectivity index (χ1v) is 4.41. The summed E-state index contributed by atoms with van der Waals surface area (Å²) in [7, 11) is 0. The molecule has 2 rings (SSSR count). The van der Waals surface area contributed by atoms with E-state index in [0.717, 1.165) is 0 Å². The Morgan fingerprint density at radius 2 is 2.14 bits per heavy atom. The van der Waals surface area contributed by atoms with Crippen LogP contribution in [0.3, 0.4) is 0 Å². The molecule has 2 unspecified atom stereocenters. The summed E-state index contributed by atoms with van der Waals surface area (Å²) >= 11 is 0. The second-order valence-corrected chi connectivity index (χ2v) is 3.45. The molecule has 0 aromatic heterocycles. The molecule has 0 spiro atoms. The van der Waals surface area contributed by atoms with Crippen LogP contribution < -0.4 is 5.73 Å². The summed E-state index contributed by atoms with van der Waals surface area (Å²) in [5.41, 5.74) is 6.94. The monoisotopic (exact) mass is 217 g/mol. The maximum absolute atomic E-state index is 13.2. The SMILES string of the molecule is Cl.NC1CCc2c(F)cccc2C1O. The summed E-state index contributed by atoms with van der Waals surface area (Å²) in [6.45, 7) is 0. The summed E-state index contributed by atoms with van der Waals surface area (Å²) in [5, 5.41) is 9.66. The van der Waals surface area contributed by atoms with Crippen molar-refractivity contribution in [2.75, 3.05) is 0 Å². The van der Waals surface area contributed by atoms with Crippen LogP contribution in [0.2, 0.25) is 0 Å². The third-order valence-electron chi connectivity index (χ3n) is 2.61. The second kappa shape index (κ2) is 4.26. The molecule has 1 aromatic carbocycles. The van der Waals surface area contributed by atoms with Gasteiger partial charge >= 0.3 is 0 Å². The highest BCUT2D eigenvalue weighted by Gasteiger charge is 2.26. The highest BCUT2D eigenvalue weighted by Crippen LogP contribution is 2.30. The maximum Gasteiger partial charge on any atom is 0.126 e. The predicted octanol–water partition coefficient (Wildman–Crippen LogP) is 1.55. The van der Waals surface area contributed by atoms with Crippen LogP contribution in [0.15, 0.2) is 18.2 Å². The van der Waals surface area contributed by atoms with E-state index in [1.165, 1.54) is 6.07 Å². The molecule has 14 heavy (non-hydrogen) atoms. The lowest BCUT2D eigenvalue weighted by molar-refractivity contribution is 0.133. The molecule has 0 amide bonds. The summed E-state index contributed by atoms with van der Waals surface area (Å²) in [6, 6.07) is 4.51. The van der Waals surface area contributed by atoms with Crippen molar-refractivity contribution in [2.24, 2.45) is 5.73 Å². The van der Waals surface area contributed by atoms with Crippen LogP contribution in [0.4, 0.5) is 4.39 Å². The molecule has 2 nitrogen and oxygen atoms in total. The van der Waals surface area contributed by atoms with Crippen molar-refractivity contribution < 1.29 is 9.50 Å². The Morgan fingerprint density at radius 1 is 1.43 bits per heavy atom. The topological polar surface area (TPSA) is 46.2 Å². The van der Waals surface area contributed by atoms with E-state index in [1.54, 1.807) is 12.1 Å². The van der Waals surface area contributed by atoms with Crippen LogP contribution in [-0.4, -0.2) is 11.1 Å². The molecular weight excluding hydrogens is 205 g/mol. The number of nitrogens with two attached hydrogens (primary N) is 1. The minimum atomic E-state index is -0.709. The minimum absolute atomic E-state index is 0. The average Bonchev–Trinajstić information content (AvgIpc) is 2.12. The van der Waals surface area contributed by atoms with Gasteiger partial charge < -0.3 is 10.8 Å². The van der Waals surface area contributed by atoms with E-state index in [0.29, 0.717) is 24.0 Å². The van der Waals surface area contributed by atoms with Crippen molar-refractivity contribution in [2.45, 2.75) is 25.0 Å². The van der Waals surface area contributed by atoms with Gasteiger partial charge in [-0.1, -0.05) is 12.1 Å². The molecule has 3 N–H and O–H groups in total. The van der Waals surface area contributed by atoms with E-state index in [9.17, 15) is 9.50 Å². The third kappa shape index (κ3) is 1.75. The molecular formula is C10H13ClFNO. The first-order valence-electron chi connectivity index (χ1n) is 4.41. The van der Waals surface area contributed by atoms with Gasteiger partial charge in [0.05, 0.1) is 6.10 Å². The van der Waals surface area contributed by atoms with Gasteiger partial charge in [0.2, 0.25) is 0 Å². The molecule has 1 aliphatic rings. The molecule has 0 heterocycles. The Hall–Kier alpha value is -0.640. The lowest BCUT2D eigenvalue weighted by Crippen LogP contribution is -2.33. The Bertz CT molecular complexity index is 332. The number of fused-ring (bicyclic) bond motifs is 1. The van der Waals surface area contributed by atoms with E-state index < -0.39 is 6.10 Å². The maximum atomic E-state index is 13.2. The van der Waals surface area contributed by atoms with Gasteiger partial charge in [0.25, 0.3) is 0 Å². The number of rotatable bonds is 0. The average molecular weight is 218 g/mol. The zero-order chi connectivity index (χ0) is 9.42. The van der Waals surface area contributed by atoms with Gasteiger partial charge in [0.15, 0.2) is 0 Å². The van der Waals surface area contributed by atoms with Crippen LogP contribution >= 0.6 is 12.4 Å². The molecule has 0 fully saturated rings. The fourth-order valence-corrected chi connectivity index (χ4v) is 1.82. The summed E-state index contributed by atoms with van der Waals surface area (Å²) in [6.07, 6.45) is 0.564. The Kier molecular flexibility index (Phi) is 3.48. The zero-order valence-corrected chi connectivity index (χ0v) is 8.43. The molecule has 2 atom stereocenters. The number of aliphatic hydroxyl groups excluding tert-OH is 1. The first kappa shape index (κ1) is 11.4. The van der Waals surface area contributed by atoms with E-state index >= 15 is 0 Å². The molecule has 78 valence electrons. The third-order valence-corrected chi connectivity index (χ3v) is 2.61. The quantitative estimate of drug-likeness (QED) is 0.693. The van der Waals surface area contributed by atoms with E-state index in [1.807, 2.05) is 0 Å². The van der Waals surface area contributed by atoms with Gasteiger partial charge in [-0.3, -0.25) is 0 Å². The molecule has 0 radical (unpaired) electrons. The number of hydrogen-bond donors (Lipinski definition) is 2. The van der Waals surface area contributed by atoms with Gasteiger partial charge in [0, 0.05) is 6.04 Å². The summed E-state index contributed by atoms with van der Waals surface area (Å²) in [5.74, 6) is -0.233. The fraction of sp³-hybridized carbons (Fsp3) is 0.400. The molecule has 0 saturated carbocycles. The predicted molar refractivity (Wildman–Crippen MR) is 54.9 cm³/mol. The zero-order valence-electron chi connectivity index (χ0n) is 7.61. The molecule has 0 bridgehead atoms. The molecule has 4 heteroatoms. The Balaban J connectivity index is 0.000000980. The lowest BCUT2D eigenvalue weighted by Gasteiger charge is -2.27. The van der Waals surface area contributed by atoms with Crippen molar-refractivity contribution in [1.82, 2.24) is 0 Å². The Labute approximate surface area is 88.3 Å². The highest BCUT2D eigenvalue weighted by molar-refractivity contribution is 5.85. The van der Waals surface area contributed by atoms with Gasteiger partial charge in [-0.15, -0.1) is 12.4 Å². The van der Waals surface area contributed by atoms with Crippen LogP contribution in [0.5, 0.6) is 0 Å². The second-order valence-electron chi connectivity index (χ2n) is 3.45. The van der Waals surface area contributed by atoms with Crippen LogP contribution in [0, 0.1) is 5.82 Å². The molecule has 0 saturated heterocycles. The van der Waals surface area contributed by atoms with Gasteiger partial charge in [0.1, 0.15) is 5.82 Å². The number of halogens is 2. The number of benzene rings is 1. The van der Waals surface area contributed by atoms with Crippen LogP contribution in [0.25, 0.3) is 0 Å². The van der Waals surface area contributed by atoms with E-state index in [2.05, 4.69) is 0 Å². The van der Waals surface area contributed by atoms with Crippen LogP contribution in [-0.2, 0) is 6.42 Å². The summed E-state index contributed by atoms with van der Waals surface area (Å²) < 4.78 is 13.2. The van der Waals surface area contributed by atoms with Crippen molar-refractivity contribution in [3.05, 3.63) is 35.1 Å². The largest absolute Gasteiger partial charge is 0.387 e. The van der Waals surface area contributed by atoms with Crippen molar-refractivity contribution in [3.8, 4) is 0 Å². The minimum Gasteiger partial charge on any atom is -0.387 e. The molecule has 1 aromatic rings. The Morgan fingerprint density at radius 3 is 2.86 bits per heavy atom. The fourth-order valence-electron chi connectivity index (χ4n) is 1.82. The standard InChI is InChI=1S/C10H12FNO.ClH/c11-8-3-1-2-7-6(8)4-5-9(12)10(7)13;/h1-3,9-10,13H,4-5,12H2;1H. The van der Waals surface area contributed by atoms with E-state index in [4.69, 9.17) is 5.73 Å². The smallest absolute Gasteiger partial charge is 0.126 e. The number of aliphatic hydroxyl groups is 1. The van der Waals surface area contributed by atoms with Crippen molar-refractivity contribution in [1.29, 1.82) is 0 Å². The van der Waals surface area contributed by atoms with E-state index in [-0.39, 0.29) is 24.3 Å².